The monoisotopic (exact) mass is 434 g/mol. The number of aromatic nitrogens is 2. The number of benzene rings is 1. The van der Waals surface area contributed by atoms with Gasteiger partial charge < -0.3 is 20.3 Å². The van der Waals surface area contributed by atoms with Gasteiger partial charge in [-0.2, -0.15) is 0 Å². The number of piperazine rings is 1. The van der Waals surface area contributed by atoms with E-state index in [0.29, 0.717) is 23.9 Å². The molecule has 3 N–H and O–H groups in total. The molecular weight excluding hydrogens is 412 g/mol. The Hall–Kier alpha value is -2.23. The minimum Gasteiger partial charge on any atom is -0.490 e. The zero-order valence-electron chi connectivity index (χ0n) is 15.3. The Morgan fingerprint density at radius 2 is 2.22 bits per heavy atom. The zero-order chi connectivity index (χ0) is 19.2. The molecule has 0 aliphatic carbocycles. The van der Waals surface area contributed by atoms with Crippen LogP contribution in [0.2, 0.25) is 0 Å². The van der Waals surface area contributed by atoms with E-state index in [2.05, 4.69) is 53.8 Å². The molecule has 1 aliphatic heterocycles. The van der Waals surface area contributed by atoms with Crippen molar-refractivity contribution in [2.45, 2.75) is 13.0 Å². The number of halogens is 1. The maximum absolute atomic E-state index is 12.3. The van der Waals surface area contributed by atoms with Crippen LogP contribution in [0.15, 0.2) is 35.1 Å². The number of hydrogen-bond donors (Lipinski definition) is 3. The second-order valence-electron chi connectivity index (χ2n) is 6.49. The molecule has 1 aromatic carbocycles. The summed E-state index contributed by atoms with van der Waals surface area (Å²) in [6.07, 6.45) is 3.11. The molecule has 3 rings (SSSR count). The number of hydrogen-bond acceptors (Lipinski definition) is 6. The van der Waals surface area contributed by atoms with Crippen molar-refractivity contribution in [3.8, 4) is 5.75 Å². The average molecular weight is 435 g/mol. The molecule has 1 aliphatic rings. The summed E-state index contributed by atoms with van der Waals surface area (Å²) in [5, 5.41) is 8.91. The molecule has 8 nitrogen and oxygen atoms in total. The topological polar surface area (TPSA) is 91.4 Å². The van der Waals surface area contributed by atoms with Gasteiger partial charge in [0.15, 0.2) is 5.82 Å². The molecule has 2 aromatic rings. The Kier molecular flexibility index (Phi) is 6.59. The van der Waals surface area contributed by atoms with Crippen LogP contribution in [0.1, 0.15) is 5.69 Å². The van der Waals surface area contributed by atoms with Crippen LogP contribution in [0.4, 0.5) is 16.3 Å². The second-order valence-corrected chi connectivity index (χ2v) is 7.40. The molecule has 1 fully saturated rings. The predicted octanol–water partition coefficient (Wildman–Crippen LogP) is 2.47. The molecule has 1 atom stereocenters. The molecule has 1 saturated heterocycles. The number of carbonyl (C=O) groups is 1. The minimum atomic E-state index is -0.411. The number of nitrogens with one attached hydrogen (secondary N) is 3. The number of aryl methyl sites for hydroxylation is 1. The predicted molar refractivity (Wildman–Crippen MR) is 108 cm³/mol. The summed E-state index contributed by atoms with van der Waals surface area (Å²) < 4.78 is 6.81. The van der Waals surface area contributed by atoms with E-state index >= 15 is 0 Å². The number of carbonyl (C=O) groups excluding carboxylic acids is 1. The van der Waals surface area contributed by atoms with E-state index < -0.39 is 6.03 Å². The largest absolute Gasteiger partial charge is 0.490 e. The molecule has 0 bridgehead atoms. The number of urea groups is 1. The van der Waals surface area contributed by atoms with Crippen LogP contribution in [0.25, 0.3) is 0 Å². The first kappa shape index (κ1) is 19.5. The first-order chi connectivity index (χ1) is 13.0. The van der Waals surface area contributed by atoms with E-state index in [9.17, 15) is 4.79 Å². The average Bonchev–Trinajstić information content (AvgIpc) is 2.63. The van der Waals surface area contributed by atoms with Gasteiger partial charge in [0.25, 0.3) is 0 Å². The number of nitrogens with zero attached hydrogens (tertiary/aromatic N) is 3. The van der Waals surface area contributed by atoms with Gasteiger partial charge in [0, 0.05) is 24.1 Å². The number of rotatable bonds is 5. The molecule has 2 amide bonds. The molecule has 2 heterocycles. The van der Waals surface area contributed by atoms with E-state index in [1.807, 2.05) is 19.1 Å². The number of ether oxygens (including phenoxy) is 1. The van der Waals surface area contributed by atoms with E-state index in [1.165, 1.54) is 6.20 Å². The lowest BCUT2D eigenvalue weighted by Crippen LogP contribution is -2.51. The Morgan fingerprint density at radius 3 is 2.96 bits per heavy atom. The van der Waals surface area contributed by atoms with Crippen LogP contribution >= 0.6 is 15.9 Å². The molecule has 0 unspecified atom stereocenters. The van der Waals surface area contributed by atoms with Gasteiger partial charge in [-0.15, -0.1) is 0 Å². The van der Waals surface area contributed by atoms with Gasteiger partial charge in [0.2, 0.25) is 0 Å². The summed E-state index contributed by atoms with van der Waals surface area (Å²) in [4.78, 5) is 22.8. The third-order valence-corrected chi connectivity index (χ3v) is 4.60. The lowest BCUT2D eigenvalue weighted by atomic mass is 10.2. The smallest absolute Gasteiger partial charge is 0.325 e. The third kappa shape index (κ3) is 5.88. The van der Waals surface area contributed by atoms with E-state index in [1.54, 1.807) is 12.3 Å². The highest BCUT2D eigenvalue weighted by Gasteiger charge is 2.18. The number of amides is 2. The van der Waals surface area contributed by atoms with Gasteiger partial charge in [-0.05, 0) is 32.2 Å². The van der Waals surface area contributed by atoms with Crippen LogP contribution in [-0.2, 0) is 0 Å². The SMILES string of the molecule is Cc1cnc(NC(=O)Nc2cc(Br)ccc2OC[C@H]2CN(C)CCN2)cn1. The van der Waals surface area contributed by atoms with Gasteiger partial charge >= 0.3 is 6.03 Å². The summed E-state index contributed by atoms with van der Waals surface area (Å²) in [6.45, 7) is 5.25. The van der Waals surface area contributed by atoms with Crippen molar-refractivity contribution >= 4 is 33.5 Å². The van der Waals surface area contributed by atoms with Gasteiger partial charge in [-0.25, -0.2) is 9.78 Å². The molecule has 0 radical (unpaired) electrons. The van der Waals surface area contributed by atoms with E-state index in [-0.39, 0.29) is 6.04 Å². The highest BCUT2D eigenvalue weighted by molar-refractivity contribution is 9.10. The van der Waals surface area contributed by atoms with Crippen LogP contribution in [0, 0.1) is 6.92 Å². The fraction of sp³-hybridized carbons (Fsp3) is 0.389. The van der Waals surface area contributed by atoms with Gasteiger partial charge in [-0.1, -0.05) is 15.9 Å². The van der Waals surface area contributed by atoms with Crippen LogP contribution < -0.4 is 20.7 Å². The van der Waals surface area contributed by atoms with Crippen LogP contribution in [0.3, 0.4) is 0 Å². The highest BCUT2D eigenvalue weighted by Crippen LogP contribution is 2.28. The molecular formula is C18H23BrN6O2. The maximum Gasteiger partial charge on any atom is 0.325 e. The summed E-state index contributed by atoms with van der Waals surface area (Å²) in [5.74, 6) is 0.989. The molecule has 27 heavy (non-hydrogen) atoms. The molecule has 9 heteroatoms. The molecule has 0 saturated carbocycles. The Morgan fingerprint density at radius 1 is 1.37 bits per heavy atom. The lowest BCUT2D eigenvalue weighted by molar-refractivity contribution is 0.180. The van der Waals surface area contributed by atoms with Crippen molar-refractivity contribution in [3.63, 3.8) is 0 Å². The van der Waals surface area contributed by atoms with Crippen molar-refractivity contribution < 1.29 is 9.53 Å². The van der Waals surface area contributed by atoms with E-state index in [0.717, 1.165) is 29.8 Å². The van der Waals surface area contributed by atoms with Crippen molar-refractivity contribution in [3.05, 3.63) is 40.8 Å². The Labute approximate surface area is 166 Å². The fourth-order valence-electron chi connectivity index (χ4n) is 2.75. The second kappa shape index (κ2) is 9.12. The standard InChI is InChI=1S/C18H23BrN6O2/c1-12-8-22-17(9-21-12)24-18(26)23-15-7-13(19)3-4-16(15)27-11-14-10-25(2)6-5-20-14/h3-4,7-9,14,20H,5-6,10-11H2,1-2H3,(H2,22,23,24,26)/t14-/m1/s1. The zero-order valence-corrected chi connectivity index (χ0v) is 16.9. The van der Waals surface area contributed by atoms with E-state index in [4.69, 9.17) is 4.74 Å². The number of anilines is 2. The summed E-state index contributed by atoms with van der Waals surface area (Å²) >= 11 is 3.43. The lowest BCUT2D eigenvalue weighted by Gasteiger charge is -2.30. The van der Waals surface area contributed by atoms with Gasteiger partial charge in [-0.3, -0.25) is 10.3 Å². The van der Waals surface area contributed by atoms with Gasteiger partial charge in [0.1, 0.15) is 12.4 Å². The normalized spacial score (nSPS) is 17.4. The molecule has 144 valence electrons. The third-order valence-electron chi connectivity index (χ3n) is 4.11. The highest BCUT2D eigenvalue weighted by atomic mass is 79.9. The Balaban J connectivity index is 1.62. The quantitative estimate of drug-likeness (QED) is 0.669. The van der Waals surface area contributed by atoms with Gasteiger partial charge in [0.05, 0.1) is 29.8 Å². The van der Waals surface area contributed by atoms with Crippen LogP contribution in [-0.4, -0.2) is 60.2 Å². The first-order valence-corrected chi connectivity index (χ1v) is 9.50. The summed E-state index contributed by atoms with van der Waals surface area (Å²) in [6, 6.07) is 5.35. The minimum absolute atomic E-state index is 0.247. The first-order valence-electron chi connectivity index (χ1n) is 8.70. The molecule has 0 spiro atoms. The maximum atomic E-state index is 12.3. The van der Waals surface area contributed by atoms with Crippen molar-refractivity contribution in [1.29, 1.82) is 0 Å². The summed E-state index contributed by atoms with van der Waals surface area (Å²) in [7, 11) is 2.10. The van der Waals surface area contributed by atoms with Crippen LogP contribution in [0.5, 0.6) is 5.75 Å². The van der Waals surface area contributed by atoms with Crippen molar-refractivity contribution in [2.75, 3.05) is 43.9 Å². The Bertz CT molecular complexity index is 786. The molecule has 1 aromatic heterocycles. The summed E-state index contributed by atoms with van der Waals surface area (Å²) in [5.41, 5.74) is 1.36. The van der Waals surface area contributed by atoms with Crippen molar-refractivity contribution in [2.24, 2.45) is 0 Å². The van der Waals surface area contributed by atoms with Crippen molar-refractivity contribution in [1.82, 2.24) is 20.2 Å². The number of likely N-dealkylation sites (N-methyl/N-ethyl adjacent to an activating group) is 1. The fourth-order valence-corrected chi connectivity index (χ4v) is 3.11.